The lowest BCUT2D eigenvalue weighted by molar-refractivity contribution is 0.574. The van der Waals surface area contributed by atoms with E-state index in [4.69, 9.17) is 0 Å². The second-order valence-corrected chi connectivity index (χ2v) is 5.71. The first kappa shape index (κ1) is 15.1. The van der Waals surface area contributed by atoms with E-state index in [1.807, 2.05) is 20.0 Å². The quantitative estimate of drug-likeness (QED) is 0.862. The topological polar surface area (TPSA) is 12.0 Å². The molecule has 0 bridgehead atoms. The van der Waals surface area contributed by atoms with E-state index in [1.54, 1.807) is 12.1 Å². The van der Waals surface area contributed by atoms with Crippen LogP contribution in [0.3, 0.4) is 0 Å². The van der Waals surface area contributed by atoms with Crippen LogP contribution in [0.2, 0.25) is 0 Å². The van der Waals surface area contributed by atoms with Crippen molar-refractivity contribution < 1.29 is 8.78 Å². The fraction of sp³-hybridized carbons (Fsp3) is 0.250. The van der Waals surface area contributed by atoms with Crippen molar-refractivity contribution in [2.24, 2.45) is 0 Å². The predicted molar refractivity (Wildman–Crippen MR) is 80.7 cm³/mol. The van der Waals surface area contributed by atoms with Crippen LogP contribution in [0.15, 0.2) is 40.9 Å². The van der Waals surface area contributed by atoms with Crippen molar-refractivity contribution in [1.29, 1.82) is 0 Å². The number of likely N-dealkylation sites (N-methyl/N-ethyl adjacent to an activating group) is 1. The van der Waals surface area contributed by atoms with E-state index >= 15 is 0 Å². The molecule has 0 saturated heterocycles. The lowest BCUT2D eigenvalue weighted by atomic mass is 9.97. The molecule has 0 aromatic heterocycles. The third kappa shape index (κ3) is 3.64. The van der Waals surface area contributed by atoms with Crippen LogP contribution in [0, 0.1) is 18.6 Å². The molecule has 2 rings (SSSR count). The zero-order chi connectivity index (χ0) is 14.7. The third-order valence-electron chi connectivity index (χ3n) is 3.24. The Balaban J connectivity index is 2.26. The van der Waals surface area contributed by atoms with Crippen LogP contribution in [0.25, 0.3) is 0 Å². The van der Waals surface area contributed by atoms with Gasteiger partial charge in [-0.15, -0.1) is 0 Å². The second-order valence-electron chi connectivity index (χ2n) is 4.86. The van der Waals surface area contributed by atoms with Gasteiger partial charge in [0.05, 0.1) is 4.47 Å². The second kappa shape index (κ2) is 6.46. The summed E-state index contributed by atoms with van der Waals surface area (Å²) in [6.45, 7) is 1.87. The molecule has 0 radical (unpaired) electrons. The summed E-state index contributed by atoms with van der Waals surface area (Å²) in [5, 5.41) is 3.18. The average Bonchev–Trinajstić information content (AvgIpc) is 2.38. The van der Waals surface area contributed by atoms with E-state index in [0.717, 1.165) is 16.7 Å². The van der Waals surface area contributed by atoms with E-state index in [-0.39, 0.29) is 17.7 Å². The first-order valence-electron chi connectivity index (χ1n) is 6.38. The largest absolute Gasteiger partial charge is 0.313 e. The van der Waals surface area contributed by atoms with Crippen molar-refractivity contribution in [3.05, 3.63) is 69.2 Å². The number of hydrogen-bond donors (Lipinski definition) is 1. The summed E-state index contributed by atoms with van der Waals surface area (Å²) in [6.07, 6.45) is 0.665. The average molecular weight is 340 g/mol. The smallest absolute Gasteiger partial charge is 0.137 e. The summed E-state index contributed by atoms with van der Waals surface area (Å²) < 4.78 is 27.2. The number of benzene rings is 2. The molecule has 2 aromatic carbocycles. The molecule has 1 unspecified atom stereocenters. The molecule has 1 nitrogen and oxygen atoms in total. The molecule has 0 spiro atoms. The highest BCUT2D eigenvalue weighted by Crippen LogP contribution is 2.23. The van der Waals surface area contributed by atoms with Crippen LogP contribution in [-0.2, 0) is 6.42 Å². The summed E-state index contributed by atoms with van der Waals surface area (Å²) in [6, 6.07) is 9.92. The SMILES string of the molecule is CNC(Cc1ccc(F)c(Br)c1)c1cc(C)cc(F)c1. The van der Waals surface area contributed by atoms with E-state index in [1.165, 1.54) is 18.2 Å². The van der Waals surface area contributed by atoms with Crippen molar-refractivity contribution in [1.82, 2.24) is 5.32 Å². The Bertz CT molecular complexity index is 593. The van der Waals surface area contributed by atoms with Gasteiger partial charge in [0, 0.05) is 6.04 Å². The molecule has 106 valence electrons. The molecule has 0 amide bonds. The van der Waals surface area contributed by atoms with Crippen LogP contribution in [0.5, 0.6) is 0 Å². The van der Waals surface area contributed by atoms with Gasteiger partial charge in [-0.3, -0.25) is 0 Å². The van der Waals surface area contributed by atoms with Crippen molar-refractivity contribution in [3.8, 4) is 0 Å². The summed E-state index contributed by atoms with van der Waals surface area (Å²) in [4.78, 5) is 0. The van der Waals surface area contributed by atoms with Gasteiger partial charge in [-0.05, 0) is 77.3 Å². The zero-order valence-corrected chi connectivity index (χ0v) is 13.0. The molecule has 1 N–H and O–H groups in total. The molecule has 0 saturated carbocycles. The Morgan fingerprint density at radius 2 is 1.90 bits per heavy atom. The minimum absolute atomic E-state index is 0.0123. The van der Waals surface area contributed by atoms with Gasteiger partial charge >= 0.3 is 0 Å². The number of rotatable bonds is 4. The normalized spacial score (nSPS) is 12.4. The summed E-state index contributed by atoms with van der Waals surface area (Å²) in [5.74, 6) is -0.517. The maximum Gasteiger partial charge on any atom is 0.137 e. The molecule has 0 aliphatic rings. The summed E-state index contributed by atoms with van der Waals surface area (Å²) >= 11 is 3.18. The van der Waals surface area contributed by atoms with Crippen molar-refractivity contribution in [3.63, 3.8) is 0 Å². The molecule has 1 atom stereocenters. The molecule has 0 aliphatic carbocycles. The van der Waals surface area contributed by atoms with Crippen LogP contribution >= 0.6 is 15.9 Å². The highest BCUT2D eigenvalue weighted by atomic mass is 79.9. The lowest BCUT2D eigenvalue weighted by Crippen LogP contribution is -2.19. The van der Waals surface area contributed by atoms with Gasteiger partial charge in [0.25, 0.3) is 0 Å². The van der Waals surface area contributed by atoms with Crippen molar-refractivity contribution in [2.75, 3.05) is 7.05 Å². The van der Waals surface area contributed by atoms with Crippen molar-refractivity contribution >= 4 is 15.9 Å². The van der Waals surface area contributed by atoms with Crippen molar-refractivity contribution in [2.45, 2.75) is 19.4 Å². The minimum Gasteiger partial charge on any atom is -0.313 e. The number of aryl methyl sites for hydroxylation is 1. The molecule has 2 aromatic rings. The van der Waals surface area contributed by atoms with Crippen LogP contribution in [0.1, 0.15) is 22.7 Å². The molecule has 0 aliphatic heterocycles. The monoisotopic (exact) mass is 339 g/mol. The Morgan fingerprint density at radius 3 is 2.50 bits per heavy atom. The highest BCUT2D eigenvalue weighted by Gasteiger charge is 2.12. The maximum absolute atomic E-state index is 13.5. The summed E-state index contributed by atoms with van der Waals surface area (Å²) in [7, 11) is 1.84. The standard InChI is InChI=1S/C16H16BrF2N/c1-10-5-12(9-13(18)6-10)16(20-2)8-11-3-4-15(19)14(17)7-11/h3-7,9,16,20H,8H2,1-2H3. The highest BCUT2D eigenvalue weighted by molar-refractivity contribution is 9.10. The van der Waals surface area contributed by atoms with Gasteiger partial charge < -0.3 is 5.32 Å². The number of halogens is 3. The van der Waals surface area contributed by atoms with E-state index in [9.17, 15) is 8.78 Å². The minimum atomic E-state index is -0.281. The Hall–Kier alpha value is -1.26. The first-order valence-corrected chi connectivity index (χ1v) is 7.17. The van der Waals surface area contributed by atoms with Crippen LogP contribution < -0.4 is 5.32 Å². The van der Waals surface area contributed by atoms with Gasteiger partial charge in [0.15, 0.2) is 0 Å². The fourth-order valence-electron chi connectivity index (χ4n) is 2.25. The number of hydrogen-bond acceptors (Lipinski definition) is 1. The van der Waals surface area contributed by atoms with Gasteiger partial charge in [-0.25, -0.2) is 8.78 Å². The predicted octanol–water partition coefficient (Wildman–Crippen LogP) is 4.54. The fourth-order valence-corrected chi connectivity index (χ4v) is 2.68. The summed E-state index contributed by atoms with van der Waals surface area (Å²) in [5.41, 5.74) is 2.77. The van der Waals surface area contributed by atoms with E-state index < -0.39 is 0 Å². The Labute approximate surface area is 126 Å². The Morgan fingerprint density at radius 1 is 1.15 bits per heavy atom. The molecule has 4 heteroatoms. The third-order valence-corrected chi connectivity index (χ3v) is 3.85. The molecule has 0 fully saturated rings. The van der Waals surface area contributed by atoms with Gasteiger partial charge in [-0.1, -0.05) is 12.1 Å². The molecular weight excluding hydrogens is 324 g/mol. The number of nitrogens with one attached hydrogen (secondary N) is 1. The maximum atomic E-state index is 13.5. The Kier molecular flexibility index (Phi) is 4.89. The van der Waals surface area contributed by atoms with Gasteiger partial charge in [0.2, 0.25) is 0 Å². The zero-order valence-electron chi connectivity index (χ0n) is 11.4. The lowest BCUT2D eigenvalue weighted by Gasteiger charge is -2.18. The van der Waals surface area contributed by atoms with E-state index in [0.29, 0.717) is 10.9 Å². The van der Waals surface area contributed by atoms with Gasteiger partial charge in [-0.2, -0.15) is 0 Å². The van der Waals surface area contributed by atoms with Crippen LogP contribution in [0.4, 0.5) is 8.78 Å². The van der Waals surface area contributed by atoms with Gasteiger partial charge in [0.1, 0.15) is 11.6 Å². The van der Waals surface area contributed by atoms with E-state index in [2.05, 4.69) is 21.2 Å². The molecule has 0 heterocycles. The molecular formula is C16H16BrF2N. The van der Waals surface area contributed by atoms with Crippen LogP contribution in [-0.4, -0.2) is 7.05 Å². The first-order chi connectivity index (χ1) is 9.49. The molecule has 20 heavy (non-hydrogen) atoms.